The van der Waals surface area contributed by atoms with Crippen molar-refractivity contribution < 1.29 is 0 Å². The van der Waals surface area contributed by atoms with Crippen molar-refractivity contribution in [2.75, 3.05) is 10.6 Å². The lowest BCUT2D eigenvalue weighted by atomic mass is 9.96. The molecule has 1 heterocycles. The molecule has 0 saturated heterocycles. The van der Waals surface area contributed by atoms with E-state index in [1.165, 1.54) is 29.7 Å². The first kappa shape index (κ1) is 13.0. The lowest BCUT2D eigenvalue weighted by molar-refractivity contribution is 0.560. The van der Waals surface area contributed by atoms with E-state index in [1.807, 2.05) is 0 Å². The quantitative estimate of drug-likeness (QED) is 0.835. The first-order chi connectivity index (χ1) is 9.65. The van der Waals surface area contributed by atoms with E-state index in [1.54, 1.807) is 0 Å². The number of hydrogen-bond donors (Lipinski definition) is 1. The van der Waals surface area contributed by atoms with Gasteiger partial charge in [0.15, 0.2) is 0 Å². The van der Waals surface area contributed by atoms with Gasteiger partial charge in [-0.05, 0) is 55.5 Å². The van der Waals surface area contributed by atoms with Crippen LogP contribution in [0, 0.1) is 6.92 Å². The number of rotatable bonds is 2. The molecule has 2 aromatic carbocycles. The minimum Gasteiger partial charge on any atom is -0.399 e. The molecule has 0 saturated carbocycles. The summed E-state index contributed by atoms with van der Waals surface area (Å²) in [5, 5.41) is 0. The van der Waals surface area contributed by atoms with Crippen LogP contribution in [0.5, 0.6) is 0 Å². The van der Waals surface area contributed by atoms with Gasteiger partial charge >= 0.3 is 0 Å². The minimum absolute atomic E-state index is 0.576. The van der Waals surface area contributed by atoms with Gasteiger partial charge in [0.25, 0.3) is 0 Å². The van der Waals surface area contributed by atoms with E-state index in [0.29, 0.717) is 6.04 Å². The van der Waals surface area contributed by atoms with Crippen LogP contribution in [0.1, 0.15) is 30.0 Å². The highest BCUT2D eigenvalue weighted by Crippen LogP contribution is 2.32. The third-order valence-corrected chi connectivity index (χ3v) is 4.36. The van der Waals surface area contributed by atoms with Crippen molar-refractivity contribution in [1.82, 2.24) is 0 Å². The fraction of sp³-hybridized carbons (Fsp3) is 0.333. The minimum atomic E-state index is 0.576. The first-order valence-electron chi connectivity index (χ1n) is 7.34. The second-order valence-electron chi connectivity index (χ2n) is 5.84. The zero-order valence-electron chi connectivity index (χ0n) is 12.3. The highest BCUT2D eigenvalue weighted by atomic mass is 15.2. The average Bonchev–Trinajstić information content (AvgIpc) is 2.46. The van der Waals surface area contributed by atoms with E-state index in [2.05, 4.69) is 61.2 Å². The highest BCUT2D eigenvalue weighted by Gasteiger charge is 2.22. The van der Waals surface area contributed by atoms with Crippen LogP contribution in [-0.4, -0.2) is 6.04 Å². The molecule has 0 spiro atoms. The molecule has 2 nitrogen and oxygen atoms in total. The van der Waals surface area contributed by atoms with Crippen LogP contribution in [0.4, 0.5) is 11.4 Å². The van der Waals surface area contributed by atoms with Crippen LogP contribution in [0.25, 0.3) is 0 Å². The van der Waals surface area contributed by atoms with Crippen molar-refractivity contribution in [3.63, 3.8) is 0 Å². The second-order valence-corrected chi connectivity index (χ2v) is 5.84. The number of fused-ring (bicyclic) bond motifs is 1. The van der Waals surface area contributed by atoms with Gasteiger partial charge in [-0.1, -0.05) is 30.3 Å². The summed E-state index contributed by atoms with van der Waals surface area (Å²) in [6, 6.07) is 15.7. The Morgan fingerprint density at radius 2 is 2.00 bits per heavy atom. The Kier molecular flexibility index (Phi) is 3.39. The van der Waals surface area contributed by atoms with Crippen molar-refractivity contribution >= 4 is 11.4 Å². The van der Waals surface area contributed by atoms with E-state index in [-0.39, 0.29) is 0 Å². The largest absolute Gasteiger partial charge is 0.399 e. The fourth-order valence-electron chi connectivity index (χ4n) is 2.99. The molecule has 20 heavy (non-hydrogen) atoms. The van der Waals surface area contributed by atoms with Gasteiger partial charge in [-0.25, -0.2) is 0 Å². The summed E-state index contributed by atoms with van der Waals surface area (Å²) >= 11 is 0. The van der Waals surface area contributed by atoms with Gasteiger partial charge in [0, 0.05) is 24.0 Å². The molecule has 0 fully saturated rings. The molecule has 3 rings (SSSR count). The standard InChI is InChI=1S/C18H22N2/c1-13-7-9-15(11-17(13)19)12-20-14(2)8-10-16-5-3-4-6-18(16)20/h3-7,9,11,14H,8,10,12,19H2,1-2H3. The zero-order valence-corrected chi connectivity index (χ0v) is 12.3. The van der Waals surface area contributed by atoms with E-state index < -0.39 is 0 Å². The molecule has 0 radical (unpaired) electrons. The predicted octanol–water partition coefficient (Wildman–Crippen LogP) is 3.92. The average molecular weight is 266 g/mol. The normalized spacial score (nSPS) is 17.9. The monoisotopic (exact) mass is 266 g/mol. The number of aryl methyl sites for hydroxylation is 2. The second kappa shape index (κ2) is 5.20. The zero-order chi connectivity index (χ0) is 14.1. The summed E-state index contributed by atoms with van der Waals surface area (Å²) in [6.07, 6.45) is 2.40. The van der Waals surface area contributed by atoms with Crippen molar-refractivity contribution in [3.8, 4) is 0 Å². The molecule has 0 aromatic heterocycles. The third-order valence-electron chi connectivity index (χ3n) is 4.36. The van der Waals surface area contributed by atoms with Crippen LogP contribution in [-0.2, 0) is 13.0 Å². The third kappa shape index (κ3) is 2.38. The number of anilines is 2. The summed E-state index contributed by atoms with van der Waals surface area (Å²) in [7, 11) is 0. The summed E-state index contributed by atoms with van der Waals surface area (Å²) in [5.41, 5.74) is 12.2. The van der Waals surface area contributed by atoms with E-state index in [0.717, 1.165) is 17.8 Å². The maximum Gasteiger partial charge on any atom is 0.0433 e. The number of nitrogen functional groups attached to an aromatic ring is 1. The molecule has 0 aliphatic carbocycles. The van der Waals surface area contributed by atoms with Gasteiger partial charge in [0.05, 0.1) is 0 Å². The molecule has 2 heteroatoms. The Morgan fingerprint density at radius 3 is 2.80 bits per heavy atom. The summed E-state index contributed by atoms with van der Waals surface area (Å²) < 4.78 is 0. The number of nitrogens with two attached hydrogens (primary N) is 1. The first-order valence-corrected chi connectivity index (χ1v) is 7.34. The number of hydrogen-bond acceptors (Lipinski definition) is 2. The number of para-hydroxylation sites is 1. The smallest absolute Gasteiger partial charge is 0.0433 e. The van der Waals surface area contributed by atoms with Gasteiger partial charge in [0.2, 0.25) is 0 Å². The van der Waals surface area contributed by atoms with Gasteiger partial charge < -0.3 is 10.6 Å². The summed E-state index contributed by atoms with van der Waals surface area (Å²) in [5.74, 6) is 0. The maximum atomic E-state index is 6.04. The molecule has 1 aliphatic heterocycles. The summed E-state index contributed by atoms with van der Waals surface area (Å²) in [6.45, 7) is 5.30. The number of nitrogens with zero attached hydrogens (tertiary/aromatic N) is 1. The van der Waals surface area contributed by atoms with E-state index >= 15 is 0 Å². The van der Waals surface area contributed by atoms with Gasteiger partial charge in [-0.3, -0.25) is 0 Å². The molecule has 0 amide bonds. The molecule has 2 N–H and O–H groups in total. The predicted molar refractivity (Wildman–Crippen MR) is 86.0 cm³/mol. The Morgan fingerprint density at radius 1 is 1.20 bits per heavy atom. The van der Waals surface area contributed by atoms with Gasteiger partial charge in [-0.2, -0.15) is 0 Å². The van der Waals surface area contributed by atoms with E-state index in [9.17, 15) is 0 Å². The maximum absolute atomic E-state index is 6.04. The van der Waals surface area contributed by atoms with Crippen LogP contribution >= 0.6 is 0 Å². The lowest BCUT2D eigenvalue weighted by Crippen LogP contribution is -2.36. The SMILES string of the molecule is Cc1ccc(CN2c3ccccc3CCC2C)cc1N. The molecule has 0 bridgehead atoms. The molecule has 104 valence electrons. The molecule has 1 atom stereocenters. The van der Waals surface area contributed by atoms with Gasteiger partial charge in [-0.15, -0.1) is 0 Å². The Bertz CT molecular complexity index is 619. The fourth-order valence-corrected chi connectivity index (χ4v) is 2.99. The van der Waals surface area contributed by atoms with Crippen LogP contribution in [0.3, 0.4) is 0 Å². The molecular weight excluding hydrogens is 244 g/mol. The lowest BCUT2D eigenvalue weighted by Gasteiger charge is -2.37. The molecular formula is C18H22N2. The van der Waals surface area contributed by atoms with E-state index in [4.69, 9.17) is 5.73 Å². The highest BCUT2D eigenvalue weighted by molar-refractivity contribution is 5.57. The Hall–Kier alpha value is -1.96. The van der Waals surface area contributed by atoms with Crippen molar-refractivity contribution in [3.05, 3.63) is 59.2 Å². The molecule has 1 unspecified atom stereocenters. The summed E-state index contributed by atoms with van der Waals surface area (Å²) in [4.78, 5) is 2.50. The number of benzene rings is 2. The topological polar surface area (TPSA) is 29.3 Å². The van der Waals surface area contributed by atoms with Crippen LogP contribution < -0.4 is 10.6 Å². The molecule has 2 aromatic rings. The van der Waals surface area contributed by atoms with Crippen LogP contribution in [0.15, 0.2) is 42.5 Å². The van der Waals surface area contributed by atoms with Crippen molar-refractivity contribution in [2.45, 2.75) is 39.3 Å². The van der Waals surface area contributed by atoms with Crippen molar-refractivity contribution in [2.24, 2.45) is 0 Å². The molecule has 1 aliphatic rings. The van der Waals surface area contributed by atoms with Crippen LogP contribution in [0.2, 0.25) is 0 Å². The Balaban J connectivity index is 1.91. The Labute approximate surface area is 121 Å². The van der Waals surface area contributed by atoms with Gasteiger partial charge in [0.1, 0.15) is 0 Å². The van der Waals surface area contributed by atoms with Crippen molar-refractivity contribution in [1.29, 1.82) is 0 Å².